The monoisotopic (exact) mass is 286 g/mol. The van der Waals surface area contributed by atoms with E-state index >= 15 is 0 Å². The maximum Gasteiger partial charge on any atom is 0.293 e. The fourth-order valence-corrected chi connectivity index (χ4v) is 2.36. The Kier molecular flexibility index (Phi) is 3.64. The predicted octanol–water partition coefficient (Wildman–Crippen LogP) is 2.80. The Hall–Kier alpha value is -2.30. The molecule has 0 aliphatic heterocycles. The number of aryl methyl sites for hydroxylation is 1. The van der Waals surface area contributed by atoms with Crippen molar-refractivity contribution >= 4 is 5.91 Å². The maximum atomic E-state index is 12.6. The summed E-state index contributed by atoms with van der Waals surface area (Å²) >= 11 is 0. The number of methoxy groups -OCH3 is 1. The second-order valence-corrected chi connectivity index (χ2v) is 5.39. The quantitative estimate of drug-likeness (QED) is 0.848. The van der Waals surface area contributed by atoms with Gasteiger partial charge in [-0.1, -0.05) is 29.8 Å². The zero-order chi connectivity index (χ0) is 14.8. The number of benzene rings is 1. The van der Waals surface area contributed by atoms with Crippen LogP contribution in [0.1, 0.15) is 34.5 Å². The Balaban J connectivity index is 1.79. The first kappa shape index (κ1) is 13.7. The van der Waals surface area contributed by atoms with E-state index in [-0.39, 0.29) is 11.7 Å². The van der Waals surface area contributed by atoms with Gasteiger partial charge in [-0.2, -0.15) is 0 Å². The fraction of sp³-hybridized carbons (Fsp3) is 0.375. The van der Waals surface area contributed by atoms with Crippen molar-refractivity contribution in [2.45, 2.75) is 32.4 Å². The average Bonchev–Trinajstić information content (AvgIpc) is 3.20. The molecule has 1 aromatic carbocycles. The highest BCUT2D eigenvalue weighted by Gasteiger charge is 2.34. The van der Waals surface area contributed by atoms with Crippen LogP contribution < -0.4 is 4.74 Å². The normalized spacial score (nSPS) is 14.0. The van der Waals surface area contributed by atoms with Gasteiger partial charge in [0.25, 0.3) is 11.8 Å². The van der Waals surface area contributed by atoms with Crippen molar-refractivity contribution in [1.29, 1.82) is 0 Å². The summed E-state index contributed by atoms with van der Waals surface area (Å²) in [5.74, 6) is 0.422. The van der Waals surface area contributed by atoms with Gasteiger partial charge in [0.1, 0.15) is 0 Å². The molecule has 21 heavy (non-hydrogen) atoms. The van der Waals surface area contributed by atoms with Gasteiger partial charge >= 0.3 is 0 Å². The number of hydrogen-bond donors (Lipinski definition) is 0. The van der Waals surface area contributed by atoms with Crippen LogP contribution in [-0.2, 0) is 6.54 Å². The fourth-order valence-electron chi connectivity index (χ4n) is 2.36. The summed E-state index contributed by atoms with van der Waals surface area (Å²) in [6.45, 7) is 2.64. The van der Waals surface area contributed by atoms with Crippen molar-refractivity contribution in [1.82, 2.24) is 10.1 Å². The van der Waals surface area contributed by atoms with Crippen LogP contribution in [0.15, 0.2) is 34.9 Å². The van der Waals surface area contributed by atoms with E-state index in [1.54, 1.807) is 0 Å². The molecular weight excluding hydrogens is 268 g/mol. The molecule has 0 bridgehead atoms. The lowest BCUT2D eigenvalue weighted by atomic mass is 10.1. The Morgan fingerprint density at radius 3 is 2.86 bits per heavy atom. The minimum Gasteiger partial charge on any atom is -0.479 e. The second-order valence-electron chi connectivity index (χ2n) is 5.39. The second kappa shape index (κ2) is 5.60. The van der Waals surface area contributed by atoms with Crippen molar-refractivity contribution in [3.63, 3.8) is 0 Å². The molecule has 0 spiro atoms. The standard InChI is InChI=1S/C16H18N2O3/c1-11-4-3-5-12(8-11)10-18(13-6-7-13)16(19)14-9-15(20-2)17-21-14/h3-5,8-9,13H,6-7,10H2,1-2H3. The van der Waals surface area contributed by atoms with Crippen molar-refractivity contribution in [3.05, 3.63) is 47.2 Å². The van der Waals surface area contributed by atoms with E-state index in [1.165, 1.54) is 18.7 Å². The topological polar surface area (TPSA) is 55.6 Å². The summed E-state index contributed by atoms with van der Waals surface area (Å²) in [5.41, 5.74) is 2.32. The van der Waals surface area contributed by atoms with Crippen LogP contribution in [0.3, 0.4) is 0 Å². The molecule has 1 aliphatic carbocycles. The first-order chi connectivity index (χ1) is 10.2. The molecule has 1 fully saturated rings. The molecule has 0 saturated heterocycles. The number of hydrogen-bond acceptors (Lipinski definition) is 4. The van der Waals surface area contributed by atoms with Gasteiger partial charge in [-0.25, -0.2) is 0 Å². The molecule has 2 aromatic rings. The Morgan fingerprint density at radius 1 is 1.43 bits per heavy atom. The number of carbonyl (C=O) groups excluding carboxylic acids is 1. The zero-order valence-corrected chi connectivity index (χ0v) is 12.2. The van der Waals surface area contributed by atoms with Crippen LogP contribution >= 0.6 is 0 Å². The molecule has 0 radical (unpaired) electrons. The number of amides is 1. The van der Waals surface area contributed by atoms with E-state index in [9.17, 15) is 4.79 Å². The molecular formula is C16H18N2O3. The molecule has 5 heteroatoms. The summed E-state index contributed by atoms with van der Waals surface area (Å²) in [6, 6.07) is 10.0. The third-order valence-electron chi connectivity index (χ3n) is 3.59. The van der Waals surface area contributed by atoms with E-state index < -0.39 is 0 Å². The van der Waals surface area contributed by atoms with E-state index in [2.05, 4.69) is 11.2 Å². The number of rotatable bonds is 5. The molecule has 0 atom stereocenters. The van der Waals surface area contributed by atoms with Crippen LogP contribution in [0.4, 0.5) is 0 Å². The Labute approximate surface area is 123 Å². The maximum absolute atomic E-state index is 12.6. The minimum absolute atomic E-state index is 0.130. The molecule has 3 rings (SSSR count). The highest BCUT2D eigenvalue weighted by Crippen LogP contribution is 2.30. The molecule has 0 N–H and O–H groups in total. The van der Waals surface area contributed by atoms with Crippen LogP contribution in [0.5, 0.6) is 5.88 Å². The predicted molar refractivity (Wildman–Crippen MR) is 77.1 cm³/mol. The molecule has 1 saturated carbocycles. The number of aromatic nitrogens is 1. The van der Waals surface area contributed by atoms with Crippen LogP contribution in [0.2, 0.25) is 0 Å². The van der Waals surface area contributed by atoms with Gasteiger partial charge < -0.3 is 14.2 Å². The Bertz CT molecular complexity index is 646. The highest BCUT2D eigenvalue weighted by atomic mass is 16.5. The lowest BCUT2D eigenvalue weighted by Crippen LogP contribution is -2.32. The largest absolute Gasteiger partial charge is 0.479 e. The van der Waals surface area contributed by atoms with E-state index in [0.717, 1.165) is 18.4 Å². The highest BCUT2D eigenvalue weighted by molar-refractivity contribution is 5.92. The summed E-state index contributed by atoms with van der Waals surface area (Å²) in [5, 5.41) is 3.69. The van der Waals surface area contributed by atoms with Crippen LogP contribution in [0, 0.1) is 6.92 Å². The average molecular weight is 286 g/mol. The van der Waals surface area contributed by atoms with E-state index in [1.807, 2.05) is 30.0 Å². The van der Waals surface area contributed by atoms with Gasteiger partial charge in [0, 0.05) is 12.6 Å². The lowest BCUT2D eigenvalue weighted by molar-refractivity contribution is 0.0687. The van der Waals surface area contributed by atoms with Crippen molar-refractivity contribution in [2.24, 2.45) is 0 Å². The van der Waals surface area contributed by atoms with E-state index in [0.29, 0.717) is 18.5 Å². The van der Waals surface area contributed by atoms with Gasteiger partial charge in [-0.05, 0) is 30.5 Å². The molecule has 5 nitrogen and oxygen atoms in total. The van der Waals surface area contributed by atoms with Crippen molar-refractivity contribution in [2.75, 3.05) is 7.11 Å². The molecule has 1 aromatic heterocycles. The Morgan fingerprint density at radius 2 is 2.24 bits per heavy atom. The van der Waals surface area contributed by atoms with Crippen molar-refractivity contribution in [3.8, 4) is 5.88 Å². The number of ether oxygens (including phenoxy) is 1. The molecule has 1 amide bonds. The zero-order valence-electron chi connectivity index (χ0n) is 12.2. The van der Waals surface area contributed by atoms with Gasteiger partial charge in [-0.3, -0.25) is 4.79 Å². The van der Waals surface area contributed by atoms with Crippen LogP contribution in [0.25, 0.3) is 0 Å². The van der Waals surface area contributed by atoms with Gasteiger partial charge in [0.15, 0.2) is 0 Å². The molecule has 110 valence electrons. The summed E-state index contributed by atoms with van der Waals surface area (Å²) in [6.07, 6.45) is 2.09. The first-order valence-electron chi connectivity index (χ1n) is 7.04. The van der Waals surface area contributed by atoms with Gasteiger partial charge in [-0.15, -0.1) is 0 Å². The van der Waals surface area contributed by atoms with Gasteiger partial charge in [0.05, 0.1) is 13.2 Å². The smallest absolute Gasteiger partial charge is 0.293 e. The van der Waals surface area contributed by atoms with Crippen molar-refractivity contribution < 1.29 is 14.1 Å². The molecule has 1 aliphatic rings. The first-order valence-corrected chi connectivity index (χ1v) is 7.04. The summed E-state index contributed by atoms with van der Waals surface area (Å²) in [7, 11) is 1.50. The van der Waals surface area contributed by atoms with E-state index in [4.69, 9.17) is 9.26 Å². The SMILES string of the molecule is COc1cc(C(=O)N(Cc2cccc(C)c2)C2CC2)on1. The van der Waals surface area contributed by atoms with Crippen LogP contribution in [-0.4, -0.2) is 29.1 Å². The molecule has 0 unspecified atom stereocenters. The lowest BCUT2D eigenvalue weighted by Gasteiger charge is -2.21. The number of nitrogens with zero attached hydrogens (tertiary/aromatic N) is 2. The number of carbonyl (C=O) groups is 1. The van der Waals surface area contributed by atoms with Gasteiger partial charge in [0.2, 0.25) is 5.76 Å². The molecule has 1 heterocycles. The third-order valence-corrected chi connectivity index (χ3v) is 3.59. The third kappa shape index (κ3) is 3.07. The summed E-state index contributed by atoms with van der Waals surface area (Å²) in [4.78, 5) is 14.4. The summed E-state index contributed by atoms with van der Waals surface area (Å²) < 4.78 is 10.0. The minimum atomic E-state index is -0.130.